The smallest absolute Gasteiger partial charge is 0.261 e. The van der Waals surface area contributed by atoms with Crippen LogP contribution in [0.15, 0.2) is 84.4 Å². The third kappa shape index (κ3) is 4.97. The SMILES string of the molecule is O=C1Nc2cc(/C=C/CCC(=O)c3cccn(Cc4cccnc4)c3=O)ccc2/C1=C/c1cnc[nH]1. The maximum Gasteiger partial charge on any atom is 0.261 e. The lowest BCUT2D eigenvalue weighted by Gasteiger charge is -2.07. The quantitative estimate of drug-likeness (QED) is 0.292. The molecule has 0 spiro atoms. The molecule has 4 aromatic rings. The Balaban J connectivity index is 1.22. The minimum Gasteiger partial charge on any atom is -0.345 e. The number of benzene rings is 1. The number of ketones is 1. The normalized spacial score (nSPS) is 13.8. The number of aromatic amines is 1. The zero-order valence-electron chi connectivity index (χ0n) is 19.3. The Morgan fingerprint density at radius 3 is 2.78 bits per heavy atom. The van der Waals surface area contributed by atoms with Crippen molar-refractivity contribution in [3.8, 4) is 0 Å². The monoisotopic (exact) mass is 477 g/mol. The summed E-state index contributed by atoms with van der Waals surface area (Å²) in [6.45, 7) is 0.362. The molecule has 1 aliphatic rings. The second-order valence-electron chi connectivity index (χ2n) is 8.40. The van der Waals surface area contributed by atoms with Gasteiger partial charge in [-0.3, -0.25) is 19.4 Å². The predicted octanol–water partition coefficient (Wildman–Crippen LogP) is 4.18. The Labute approximate surface area is 207 Å². The number of anilines is 1. The van der Waals surface area contributed by atoms with Crippen LogP contribution in [0.4, 0.5) is 5.69 Å². The van der Waals surface area contributed by atoms with Crippen LogP contribution in [0.2, 0.25) is 0 Å². The Kier molecular flexibility index (Phi) is 6.48. The van der Waals surface area contributed by atoms with Crippen LogP contribution in [0.3, 0.4) is 0 Å². The lowest BCUT2D eigenvalue weighted by molar-refractivity contribution is -0.110. The van der Waals surface area contributed by atoms with Gasteiger partial charge in [0, 0.05) is 36.3 Å². The average Bonchev–Trinajstić information content (AvgIpc) is 3.51. The number of nitrogens with zero attached hydrogens (tertiary/aromatic N) is 3. The molecule has 1 aromatic carbocycles. The Bertz CT molecular complexity index is 1530. The number of Topliss-reactive ketones (excluding diaryl/α,β-unsaturated/α-hetero) is 1. The summed E-state index contributed by atoms with van der Waals surface area (Å²) in [7, 11) is 0. The van der Waals surface area contributed by atoms with Crippen LogP contribution in [0, 0.1) is 0 Å². The summed E-state index contributed by atoms with van der Waals surface area (Å²) >= 11 is 0. The molecule has 1 amide bonds. The van der Waals surface area contributed by atoms with Gasteiger partial charge in [0.05, 0.1) is 35.9 Å². The molecule has 0 fully saturated rings. The molecule has 36 heavy (non-hydrogen) atoms. The molecular weight excluding hydrogens is 454 g/mol. The van der Waals surface area contributed by atoms with E-state index < -0.39 is 0 Å². The molecule has 0 radical (unpaired) electrons. The average molecular weight is 478 g/mol. The number of nitrogens with one attached hydrogen (secondary N) is 2. The van der Waals surface area contributed by atoms with Gasteiger partial charge in [-0.25, -0.2) is 4.98 Å². The van der Waals surface area contributed by atoms with Crippen molar-refractivity contribution in [2.24, 2.45) is 0 Å². The van der Waals surface area contributed by atoms with Gasteiger partial charge in [0.25, 0.3) is 11.5 Å². The molecule has 2 N–H and O–H groups in total. The van der Waals surface area contributed by atoms with Gasteiger partial charge in [-0.2, -0.15) is 0 Å². The fourth-order valence-corrected chi connectivity index (χ4v) is 4.09. The molecule has 0 saturated carbocycles. The standard InChI is InChI=1S/C28H23N5O3/c34-26(23-7-4-12-33(28(23)36)17-20-6-3-11-29-15-20)8-2-1-5-19-9-10-22-24(14-21-16-30-18-31-21)27(35)32-25(22)13-19/h1,3-7,9-16,18H,2,8,17H2,(H,30,31)(H,32,35)/b5-1+,24-14-. The van der Waals surface area contributed by atoms with Crippen molar-refractivity contribution >= 4 is 35.1 Å². The van der Waals surface area contributed by atoms with Crippen molar-refractivity contribution in [3.63, 3.8) is 0 Å². The summed E-state index contributed by atoms with van der Waals surface area (Å²) in [6.07, 6.45) is 14.6. The number of aromatic nitrogens is 4. The molecule has 5 rings (SSSR count). The Morgan fingerprint density at radius 1 is 1.06 bits per heavy atom. The first-order valence-electron chi connectivity index (χ1n) is 11.5. The van der Waals surface area contributed by atoms with Gasteiger partial charge in [0.2, 0.25) is 0 Å². The van der Waals surface area contributed by atoms with E-state index >= 15 is 0 Å². The van der Waals surface area contributed by atoms with E-state index in [9.17, 15) is 14.4 Å². The number of imidazole rings is 1. The van der Waals surface area contributed by atoms with E-state index in [0.29, 0.717) is 18.5 Å². The number of allylic oxidation sites excluding steroid dienone is 1. The first-order valence-corrected chi connectivity index (χ1v) is 11.5. The number of carbonyl (C=O) groups excluding carboxylic acids is 2. The van der Waals surface area contributed by atoms with Crippen molar-refractivity contribution in [2.75, 3.05) is 5.32 Å². The molecule has 8 heteroatoms. The zero-order valence-corrected chi connectivity index (χ0v) is 19.3. The van der Waals surface area contributed by atoms with Crippen LogP contribution in [0.25, 0.3) is 17.7 Å². The maximum absolute atomic E-state index is 12.8. The van der Waals surface area contributed by atoms with E-state index in [2.05, 4.69) is 20.3 Å². The predicted molar refractivity (Wildman–Crippen MR) is 138 cm³/mol. The van der Waals surface area contributed by atoms with E-state index in [1.165, 1.54) is 4.57 Å². The number of rotatable bonds is 8. The second-order valence-corrected chi connectivity index (χ2v) is 8.40. The van der Waals surface area contributed by atoms with Crippen LogP contribution in [-0.2, 0) is 11.3 Å². The van der Waals surface area contributed by atoms with E-state index in [1.807, 2.05) is 42.5 Å². The van der Waals surface area contributed by atoms with Crippen molar-refractivity contribution in [2.45, 2.75) is 19.4 Å². The highest BCUT2D eigenvalue weighted by molar-refractivity contribution is 6.34. The number of carbonyl (C=O) groups is 2. The molecule has 0 bridgehead atoms. The first-order chi connectivity index (χ1) is 17.6. The molecule has 178 valence electrons. The molecule has 8 nitrogen and oxygen atoms in total. The summed E-state index contributed by atoms with van der Waals surface area (Å²) < 4.78 is 1.52. The maximum atomic E-state index is 12.8. The van der Waals surface area contributed by atoms with Crippen LogP contribution in [0.1, 0.15) is 45.6 Å². The number of hydrogen-bond acceptors (Lipinski definition) is 5. The Hall–Kier alpha value is -4.85. The highest BCUT2D eigenvalue weighted by Gasteiger charge is 2.24. The van der Waals surface area contributed by atoms with Gasteiger partial charge < -0.3 is 14.9 Å². The number of pyridine rings is 2. The molecule has 4 heterocycles. The zero-order chi connectivity index (χ0) is 24.9. The van der Waals surface area contributed by atoms with Crippen molar-refractivity contribution in [1.82, 2.24) is 19.5 Å². The summed E-state index contributed by atoms with van der Waals surface area (Å²) in [5.41, 5.74) is 4.58. The van der Waals surface area contributed by atoms with Gasteiger partial charge in [0.15, 0.2) is 5.78 Å². The molecule has 0 atom stereocenters. The van der Waals surface area contributed by atoms with Crippen molar-refractivity contribution in [3.05, 3.63) is 118 Å². The first kappa shape index (κ1) is 22.9. The third-order valence-electron chi connectivity index (χ3n) is 5.89. The molecular formula is C28H23N5O3. The summed E-state index contributed by atoms with van der Waals surface area (Å²) in [5.74, 6) is -0.358. The van der Waals surface area contributed by atoms with E-state index in [1.54, 1.807) is 49.3 Å². The third-order valence-corrected chi connectivity index (χ3v) is 5.89. The fourth-order valence-electron chi connectivity index (χ4n) is 4.09. The van der Waals surface area contributed by atoms with Gasteiger partial charge in [-0.05, 0) is 47.9 Å². The summed E-state index contributed by atoms with van der Waals surface area (Å²) in [6, 6.07) is 12.7. The lowest BCUT2D eigenvalue weighted by atomic mass is 10.0. The van der Waals surface area contributed by atoms with Gasteiger partial charge in [0.1, 0.15) is 0 Å². The second kappa shape index (κ2) is 10.2. The van der Waals surface area contributed by atoms with E-state index in [-0.39, 0.29) is 29.2 Å². The number of H-pyrrole nitrogens is 1. The van der Waals surface area contributed by atoms with Crippen LogP contribution >= 0.6 is 0 Å². The number of amides is 1. The lowest BCUT2D eigenvalue weighted by Crippen LogP contribution is -2.26. The van der Waals surface area contributed by atoms with Gasteiger partial charge >= 0.3 is 0 Å². The van der Waals surface area contributed by atoms with Gasteiger partial charge in [-0.15, -0.1) is 0 Å². The highest BCUT2D eigenvalue weighted by Crippen LogP contribution is 2.33. The summed E-state index contributed by atoms with van der Waals surface area (Å²) in [5, 5.41) is 2.89. The van der Waals surface area contributed by atoms with E-state index in [4.69, 9.17) is 0 Å². The van der Waals surface area contributed by atoms with Crippen LogP contribution in [-0.4, -0.2) is 31.2 Å². The minimum atomic E-state index is -0.302. The fraction of sp³-hybridized carbons (Fsp3) is 0.107. The van der Waals surface area contributed by atoms with Crippen LogP contribution < -0.4 is 10.9 Å². The van der Waals surface area contributed by atoms with Crippen molar-refractivity contribution < 1.29 is 9.59 Å². The molecule has 3 aromatic heterocycles. The topological polar surface area (TPSA) is 110 Å². The van der Waals surface area contributed by atoms with Gasteiger partial charge in [-0.1, -0.05) is 30.4 Å². The molecule has 0 aliphatic carbocycles. The van der Waals surface area contributed by atoms with Crippen molar-refractivity contribution in [1.29, 1.82) is 0 Å². The minimum absolute atomic E-state index is 0.164. The largest absolute Gasteiger partial charge is 0.345 e. The van der Waals surface area contributed by atoms with E-state index in [0.717, 1.165) is 28.1 Å². The number of fused-ring (bicyclic) bond motifs is 1. The molecule has 0 saturated heterocycles. The highest BCUT2D eigenvalue weighted by atomic mass is 16.2. The summed E-state index contributed by atoms with van der Waals surface area (Å²) in [4.78, 5) is 48.9. The van der Waals surface area contributed by atoms with Crippen LogP contribution in [0.5, 0.6) is 0 Å². The number of hydrogen-bond donors (Lipinski definition) is 2. The molecule has 0 unspecified atom stereocenters. The molecule has 1 aliphatic heterocycles. The Morgan fingerprint density at radius 2 is 1.97 bits per heavy atom.